The Morgan fingerprint density at radius 1 is 0.391 bits per heavy atom. The maximum absolute atomic E-state index is 6.20. The number of fused-ring (bicyclic) bond motifs is 10. The summed E-state index contributed by atoms with van der Waals surface area (Å²) >= 11 is 0. The summed E-state index contributed by atoms with van der Waals surface area (Å²) < 4.78 is 6.20. The Labute approximate surface area is 267 Å². The normalized spacial score (nSPS) is 13.6. The van der Waals surface area contributed by atoms with E-state index < -0.39 is 0 Å². The predicted molar refractivity (Wildman–Crippen MR) is 195 cm³/mol. The molecular weight excluding hydrogens is 556 g/mol. The zero-order valence-electron chi connectivity index (χ0n) is 25.8. The third kappa shape index (κ3) is 3.35. The van der Waals surface area contributed by atoms with Gasteiger partial charge in [0.1, 0.15) is 11.2 Å². The molecule has 0 N–H and O–H groups in total. The van der Waals surface area contributed by atoms with Gasteiger partial charge in [0.15, 0.2) is 0 Å². The Bertz CT molecular complexity index is 2660. The van der Waals surface area contributed by atoms with Gasteiger partial charge in [0.2, 0.25) is 0 Å². The van der Waals surface area contributed by atoms with Gasteiger partial charge in [0, 0.05) is 16.2 Å². The van der Waals surface area contributed by atoms with Crippen molar-refractivity contribution in [2.75, 3.05) is 0 Å². The van der Waals surface area contributed by atoms with Crippen molar-refractivity contribution >= 4 is 54.3 Å². The van der Waals surface area contributed by atoms with Gasteiger partial charge in [-0.2, -0.15) is 0 Å². The first-order valence-electron chi connectivity index (χ1n) is 16.1. The Hall–Kier alpha value is -5.66. The van der Waals surface area contributed by atoms with Crippen LogP contribution in [0.25, 0.3) is 87.6 Å². The van der Waals surface area contributed by atoms with Crippen molar-refractivity contribution < 1.29 is 4.42 Å². The van der Waals surface area contributed by atoms with Crippen LogP contribution in [0.5, 0.6) is 0 Å². The zero-order valence-corrected chi connectivity index (χ0v) is 25.8. The number of rotatable bonds is 2. The van der Waals surface area contributed by atoms with E-state index in [1.54, 1.807) is 0 Å². The molecule has 10 rings (SSSR count). The van der Waals surface area contributed by atoms with Crippen molar-refractivity contribution in [1.82, 2.24) is 0 Å². The van der Waals surface area contributed by atoms with Crippen molar-refractivity contribution in [3.63, 3.8) is 0 Å². The minimum absolute atomic E-state index is 0.0754. The van der Waals surface area contributed by atoms with E-state index in [4.69, 9.17) is 4.42 Å². The van der Waals surface area contributed by atoms with E-state index in [0.29, 0.717) is 0 Å². The molecule has 1 aromatic heterocycles. The minimum Gasteiger partial charge on any atom is -0.456 e. The van der Waals surface area contributed by atoms with Gasteiger partial charge in [-0.25, -0.2) is 0 Å². The molecule has 1 heteroatoms. The summed E-state index contributed by atoms with van der Waals surface area (Å²) in [5.41, 5.74) is 12.4. The summed E-state index contributed by atoms with van der Waals surface area (Å²) in [6.07, 6.45) is 0. The Morgan fingerprint density at radius 3 is 1.74 bits per heavy atom. The number of para-hydroxylation sites is 1. The van der Waals surface area contributed by atoms with Crippen LogP contribution in [0.4, 0.5) is 0 Å². The van der Waals surface area contributed by atoms with Crippen molar-refractivity contribution in [3.05, 3.63) is 157 Å². The summed E-state index contributed by atoms with van der Waals surface area (Å²) in [4.78, 5) is 0. The van der Waals surface area contributed by atoms with Gasteiger partial charge in [-0.1, -0.05) is 141 Å². The van der Waals surface area contributed by atoms with Crippen molar-refractivity contribution in [1.29, 1.82) is 0 Å². The SMILES string of the molecule is CC1(C)c2ccccc2-c2ccc3c(-c4c5ccccc5c(-c5ccc6oc7ccccc7c6c5)c5ccccc45)cccc3c21. The van der Waals surface area contributed by atoms with E-state index in [9.17, 15) is 0 Å². The Morgan fingerprint density at radius 2 is 0.978 bits per heavy atom. The second-order valence-electron chi connectivity index (χ2n) is 13.2. The number of benzene rings is 8. The highest BCUT2D eigenvalue weighted by atomic mass is 16.3. The summed E-state index contributed by atoms with van der Waals surface area (Å²) in [5, 5.41) is 9.99. The highest BCUT2D eigenvalue weighted by Crippen LogP contribution is 2.53. The van der Waals surface area contributed by atoms with Crippen LogP contribution in [-0.2, 0) is 5.41 Å². The highest BCUT2D eigenvalue weighted by Gasteiger charge is 2.36. The van der Waals surface area contributed by atoms with Gasteiger partial charge in [-0.15, -0.1) is 0 Å². The van der Waals surface area contributed by atoms with Crippen LogP contribution < -0.4 is 0 Å². The Balaban J connectivity index is 1.29. The fourth-order valence-electron chi connectivity index (χ4n) is 8.48. The first kappa shape index (κ1) is 25.6. The van der Waals surface area contributed by atoms with Gasteiger partial charge in [0.25, 0.3) is 0 Å². The average molecular weight is 587 g/mol. The minimum atomic E-state index is -0.0754. The third-order valence-electron chi connectivity index (χ3n) is 10.4. The molecule has 0 spiro atoms. The molecule has 46 heavy (non-hydrogen) atoms. The van der Waals surface area contributed by atoms with Crippen molar-refractivity contribution in [3.8, 4) is 33.4 Å². The first-order chi connectivity index (χ1) is 22.6. The Kier molecular flexibility index (Phi) is 5.12. The molecule has 0 unspecified atom stereocenters. The standard InChI is InChI=1S/C45H30O/c1-45(2)39-20-9-7-12-29(39)37-24-23-28-31(18-11-19-36(28)44(37)45)43-34-16-5-3-14-32(34)42(33-15-4-6-17-35(33)43)27-22-25-41-38(26-27)30-13-8-10-21-40(30)46-41/h3-26H,1-2H3. The molecule has 216 valence electrons. The maximum Gasteiger partial charge on any atom is 0.135 e. The molecule has 8 aromatic carbocycles. The molecule has 9 aromatic rings. The van der Waals surface area contributed by atoms with E-state index in [1.807, 2.05) is 12.1 Å². The van der Waals surface area contributed by atoms with E-state index in [0.717, 1.165) is 21.9 Å². The molecule has 0 fully saturated rings. The van der Waals surface area contributed by atoms with Gasteiger partial charge in [0.05, 0.1) is 0 Å². The molecular formula is C45H30O. The van der Waals surface area contributed by atoms with E-state index in [-0.39, 0.29) is 5.41 Å². The fourth-order valence-corrected chi connectivity index (χ4v) is 8.48. The average Bonchev–Trinajstić information content (AvgIpc) is 3.58. The van der Waals surface area contributed by atoms with Crippen molar-refractivity contribution in [2.24, 2.45) is 0 Å². The molecule has 0 saturated carbocycles. The summed E-state index contributed by atoms with van der Waals surface area (Å²) in [7, 11) is 0. The zero-order chi connectivity index (χ0) is 30.6. The molecule has 0 amide bonds. The summed E-state index contributed by atoms with van der Waals surface area (Å²) in [5.74, 6) is 0. The molecule has 1 aliphatic carbocycles. The molecule has 1 heterocycles. The summed E-state index contributed by atoms with van der Waals surface area (Å²) in [6, 6.07) is 53.4. The number of hydrogen-bond donors (Lipinski definition) is 0. The van der Waals surface area contributed by atoms with Crippen LogP contribution in [0, 0.1) is 0 Å². The second-order valence-corrected chi connectivity index (χ2v) is 13.2. The smallest absolute Gasteiger partial charge is 0.135 e. The molecule has 0 saturated heterocycles. The van der Waals surface area contributed by atoms with E-state index in [2.05, 4.69) is 147 Å². The second kappa shape index (κ2) is 9.19. The molecule has 1 aliphatic rings. The monoisotopic (exact) mass is 586 g/mol. The lowest BCUT2D eigenvalue weighted by molar-refractivity contribution is 0.666. The van der Waals surface area contributed by atoms with E-state index >= 15 is 0 Å². The lowest BCUT2D eigenvalue weighted by Crippen LogP contribution is -2.15. The van der Waals surface area contributed by atoms with Crippen LogP contribution >= 0.6 is 0 Å². The first-order valence-corrected chi connectivity index (χ1v) is 16.1. The van der Waals surface area contributed by atoms with E-state index in [1.165, 1.54) is 76.8 Å². The largest absolute Gasteiger partial charge is 0.456 e. The molecule has 0 radical (unpaired) electrons. The number of furan rings is 1. The van der Waals surface area contributed by atoms with Gasteiger partial charge in [-0.05, 0) is 95.0 Å². The third-order valence-corrected chi connectivity index (χ3v) is 10.4. The highest BCUT2D eigenvalue weighted by molar-refractivity contribution is 6.24. The predicted octanol–water partition coefficient (Wildman–Crippen LogP) is 12.7. The van der Waals surface area contributed by atoms with Gasteiger partial charge in [-0.3, -0.25) is 0 Å². The van der Waals surface area contributed by atoms with Crippen LogP contribution in [0.3, 0.4) is 0 Å². The van der Waals surface area contributed by atoms with Crippen LogP contribution in [0.15, 0.2) is 150 Å². The molecule has 0 atom stereocenters. The van der Waals surface area contributed by atoms with Crippen LogP contribution in [-0.4, -0.2) is 0 Å². The summed E-state index contributed by atoms with van der Waals surface area (Å²) in [6.45, 7) is 4.76. The lowest BCUT2D eigenvalue weighted by atomic mass is 9.79. The molecule has 1 nitrogen and oxygen atoms in total. The van der Waals surface area contributed by atoms with Crippen LogP contribution in [0.2, 0.25) is 0 Å². The fraction of sp³-hybridized carbons (Fsp3) is 0.0667. The molecule has 0 bridgehead atoms. The van der Waals surface area contributed by atoms with Gasteiger partial charge >= 0.3 is 0 Å². The van der Waals surface area contributed by atoms with Crippen LogP contribution in [0.1, 0.15) is 25.0 Å². The molecule has 0 aliphatic heterocycles. The van der Waals surface area contributed by atoms with Gasteiger partial charge < -0.3 is 4.42 Å². The maximum atomic E-state index is 6.20. The lowest BCUT2D eigenvalue weighted by Gasteiger charge is -2.24. The van der Waals surface area contributed by atoms with Crippen molar-refractivity contribution in [2.45, 2.75) is 19.3 Å². The number of hydrogen-bond acceptors (Lipinski definition) is 1. The topological polar surface area (TPSA) is 13.1 Å². The quantitative estimate of drug-likeness (QED) is 0.184.